The molecule has 1 unspecified atom stereocenters. The smallest absolute Gasteiger partial charge is 0.271 e. The van der Waals surface area contributed by atoms with E-state index >= 15 is 0 Å². The van der Waals surface area contributed by atoms with E-state index < -0.39 is 30.9 Å². The summed E-state index contributed by atoms with van der Waals surface area (Å²) in [4.78, 5) is 25.2. The summed E-state index contributed by atoms with van der Waals surface area (Å²) in [7, 11) is -2.70. The number of hydrogen-bond acceptors (Lipinski definition) is 6. The highest BCUT2D eigenvalue weighted by Gasteiger charge is 2.50. The zero-order valence-electron chi connectivity index (χ0n) is 19.9. The number of methoxy groups -OCH3 is 1. The molecule has 1 aliphatic heterocycles. The Balaban J connectivity index is 1.87. The van der Waals surface area contributed by atoms with Gasteiger partial charge in [0.15, 0.2) is 5.37 Å². The monoisotopic (exact) mass is 504 g/mol. The van der Waals surface area contributed by atoms with Crippen molar-refractivity contribution in [2.24, 2.45) is 0 Å². The first-order valence-electron chi connectivity index (χ1n) is 11.0. The van der Waals surface area contributed by atoms with E-state index in [2.05, 4.69) is 0 Å². The number of sulfone groups is 1. The number of hydrogen-bond donors (Lipinski definition) is 0. The highest BCUT2D eigenvalue weighted by Crippen LogP contribution is 2.44. The van der Waals surface area contributed by atoms with Crippen LogP contribution in [0.2, 0.25) is 0 Å². The Hall–Kier alpha value is -4.24. The molecule has 8 nitrogen and oxygen atoms in total. The summed E-state index contributed by atoms with van der Waals surface area (Å²) in [6, 6.07) is 17.9. The number of anilines is 1. The molecule has 3 aromatic carbocycles. The minimum atomic E-state index is -4.23. The number of carbonyl (C=O) groups is 1. The van der Waals surface area contributed by atoms with Crippen molar-refractivity contribution in [1.29, 1.82) is 0 Å². The number of benzene rings is 3. The third kappa shape index (κ3) is 4.65. The van der Waals surface area contributed by atoms with Crippen molar-refractivity contribution >= 4 is 33.2 Å². The van der Waals surface area contributed by atoms with Crippen LogP contribution in [0, 0.1) is 24.0 Å². The number of amides is 1. The summed E-state index contributed by atoms with van der Waals surface area (Å²) in [5.41, 5.74) is 2.68. The molecule has 9 heteroatoms. The molecule has 0 N–H and O–H groups in total. The fourth-order valence-electron chi connectivity index (χ4n) is 4.28. The van der Waals surface area contributed by atoms with Gasteiger partial charge in [0.05, 0.1) is 12.0 Å². The lowest BCUT2D eigenvalue weighted by atomic mass is 10.1. The second-order valence-corrected chi connectivity index (χ2v) is 10.4. The van der Waals surface area contributed by atoms with Crippen molar-refractivity contribution in [3.05, 3.63) is 116 Å². The Kier molecular flexibility index (Phi) is 6.76. The van der Waals surface area contributed by atoms with Crippen LogP contribution < -0.4 is 9.64 Å². The third-order valence-corrected chi connectivity index (χ3v) is 7.77. The lowest BCUT2D eigenvalue weighted by molar-refractivity contribution is -0.384. The van der Waals surface area contributed by atoms with Gasteiger partial charge in [0, 0.05) is 23.4 Å². The van der Waals surface area contributed by atoms with Crippen molar-refractivity contribution in [1.82, 2.24) is 0 Å². The molecular weight excluding hydrogens is 480 g/mol. The predicted molar refractivity (Wildman–Crippen MR) is 138 cm³/mol. The maximum absolute atomic E-state index is 13.7. The van der Waals surface area contributed by atoms with Crippen molar-refractivity contribution in [2.75, 3.05) is 12.0 Å². The Labute approximate surface area is 209 Å². The molecule has 0 aromatic heterocycles. The normalized spacial score (nSPS) is 18.2. The summed E-state index contributed by atoms with van der Waals surface area (Å²) >= 11 is 0. The molecule has 184 valence electrons. The standard InChI is InChI=1S/C27H24N2O6S/c1-18-14-19(2)16-23(15-18)28-26(30)25(13-7-9-20-8-4-5-12-24(20)35-3)36(33,34)27(28)21-10-6-11-22(17-21)29(31)32/h4-17,27H,1-3H3/b9-7-,25-13-. The van der Waals surface area contributed by atoms with Crippen LogP contribution in [0.1, 0.15) is 27.6 Å². The fraction of sp³-hybridized carbons (Fsp3) is 0.148. The van der Waals surface area contributed by atoms with Crippen LogP contribution in [-0.2, 0) is 14.6 Å². The second kappa shape index (κ2) is 9.79. The summed E-state index contributed by atoms with van der Waals surface area (Å²) < 4.78 is 32.8. The predicted octanol–water partition coefficient (Wildman–Crippen LogP) is 5.28. The van der Waals surface area contributed by atoms with Crippen LogP contribution in [0.25, 0.3) is 6.08 Å². The molecule has 1 heterocycles. The van der Waals surface area contributed by atoms with E-state index in [0.29, 0.717) is 17.0 Å². The minimum absolute atomic E-state index is 0.133. The molecule has 0 spiro atoms. The van der Waals surface area contributed by atoms with Gasteiger partial charge in [0.25, 0.3) is 11.6 Å². The first-order valence-corrected chi connectivity index (χ1v) is 12.6. The van der Waals surface area contributed by atoms with E-state index in [9.17, 15) is 23.3 Å². The Morgan fingerprint density at radius 1 is 1.00 bits per heavy atom. The Bertz CT molecular complexity index is 1500. The zero-order chi connectivity index (χ0) is 26.0. The second-order valence-electron chi connectivity index (χ2n) is 8.40. The molecule has 36 heavy (non-hydrogen) atoms. The quantitative estimate of drug-likeness (QED) is 0.257. The van der Waals surface area contributed by atoms with Gasteiger partial charge in [-0.25, -0.2) is 8.42 Å². The molecule has 0 bridgehead atoms. The molecule has 1 aliphatic rings. The first kappa shape index (κ1) is 24.9. The van der Waals surface area contributed by atoms with Gasteiger partial charge in [0.1, 0.15) is 10.7 Å². The van der Waals surface area contributed by atoms with E-state index in [4.69, 9.17) is 4.74 Å². The summed E-state index contributed by atoms with van der Waals surface area (Å²) in [6.07, 6.45) is 4.39. The van der Waals surface area contributed by atoms with Crippen LogP contribution in [0.3, 0.4) is 0 Å². The van der Waals surface area contributed by atoms with Crippen LogP contribution in [0.5, 0.6) is 5.75 Å². The first-order chi connectivity index (χ1) is 17.1. The van der Waals surface area contributed by atoms with Gasteiger partial charge < -0.3 is 4.74 Å². The summed E-state index contributed by atoms with van der Waals surface area (Å²) in [5.74, 6) is -0.111. The fourth-order valence-corrected chi connectivity index (χ4v) is 6.13. The van der Waals surface area contributed by atoms with Gasteiger partial charge in [0.2, 0.25) is 9.84 Å². The molecular formula is C27H24N2O6S. The molecule has 1 fully saturated rings. The van der Waals surface area contributed by atoms with Crippen molar-refractivity contribution in [2.45, 2.75) is 19.2 Å². The number of aryl methyl sites for hydroxylation is 2. The van der Waals surface area contributed by atoms with Gasteiger partial charge >= 0.3 is 0 Å². The number of nitro benzene ring substituents is 1. The van der Waals surface area contributed by atoms with E-state index in [1.165, 1.54) is 48.4 Å². The van der Waals surface area contributed by atoms with Crippen molar-refractivity contribution in [3.8, 4) is 5.75 Å². The average molecular weight is 505 g/mol. The van der Waals surface area contributed by atoms with Crippen molar-refractivity contribution < 1.29 is 22.9 Å². The van der Waals surface area contributed by atoms with Gasteiger partial charge in [-0.1, -0.05) is 48.6 Å². The number of ether oxygens (including phenoxy) is 1. The number of para-hydroxylation sites is 1. The largest absolute Gasteiger partial charge is 0.496 e. The molecule has 1 saturated heterocycles. The van der Waals surface area contributed by atoms with E-state index in [0.717, 1.165) is 11.1 Å². The van der Waals surface area contributed by atoms with Crippen LogP contribution in [-0.4, -0.2) is 26.4 Å². The van der Waals surface area contributed by atoms with Gasteiger partial charge in [-0.05, 0) is 54.8 Å². The zero-order valence-corrected chi connectivity index (χ0v) is 20.7. The number of non-ortho nitro benzene ring substituents is 1. The maximum Gasteiger partial charge on any atom is 0.271 e. The lowest BCUT2D eigenvalue weighted by Crippen LogP contribution is -2.29. The van der Waals surface area contributed by atoms with Crippen LogP contribution in [0.15, 0.2) is 83.8 Å². The number of rotatable bonds is 6. The minimum Gasteiger partial charge on any atom is -0.496 e. The molecule has 1 amide bonds. The molecule has 1 atom stereocenters. The summed E-state index contributed by atoms with van der Waals surface area (Å²) in [5, 5.41) is 9.92. The van der Waals surface area contributed by atoms with Crippen molar-refractivity contribution in [3.63, 3.8) is 0 Å². The SMILES string of the molecule is COc1ccccc1/C=C\C=C1\C(=O)N(c2cc(C)cc(C)c2)C(c2cccc([N+](=O)[O-])c2)S1(=O)=O. The molecule has 4 rings (SSSR count). The van der Waals surface area contributed by atoms with Crippen LogP contribution >= 0.6 is 0 Å². The molecule has 0 saturated carbocycles. The highest BCUT2D eigenvalue weighted by molar-refractivity contribution is 7.97. The average Bonchev–Trinajstić information content (AvgIpc) is 3.04. The van der Waals surface area contributed by atoms with E-state index in [1.807, 2.05) is 32.0 Å². The molecule has 3 aromatic rings. The third-order valence-electron chi connectivity index (χ3n) is 5.78. The molecule has 0 radical (unpaired) electrons. The topological polar surface area (TPSA) is 107 Å². The molecule has 0 aliphatic carbocycles. The number of nitrogens with zero attached hydrogens (tertiary/aromatic N) is 2. The lowest BCUT2D eigenvalue weighted by Gasteiger charge is -2.24. The van der Waals surface area contributed by atoms with E-state index in [1.54, 1.807) is 30.3 Å². The maximum atomic E-state index is 13.7. The van der Waals surface area contributed by atoms with Crippen LogP contribution in [0.4, 0.5) is 11.4 Å². The Morgan fingerprint density at radius 3 is 2.36 bits per heavy atom. The van der Waals surface area contributed by atoms with Gasteiger partial charge in [-0.15, -0.1) is 0 Å². The summed E-state index contributed by atoms with van der Waals surface area (Å²) in [6.45, 7) is 3.70. The van der Waals surface area contributed by atoms with Gasteiger partial charge in [-0.3, -0.25) is 19.8 Å². The van der Waals surface area contributed by atoms with Gasteiger partial charge in [-0.2, -0.15) is 0 Å². The highest BCUT2D eigenvalue weighted by atomic mass is 32.2. The number of nitro groups is 1. The number of allylic oxidation sites excluding steroid dienone is 2. The van der Waals surface area contributed by atoms with E-state index in [-0.39, 0.29) is 11.3 Å². The Morgan fingerprint density at radius 2 is 1.69 bits per heavy atom. The number of carbonyl (C=O) groups excluding carboxylic acids is 1.